The van der Waals surface area contributed by atoms with Gasteiger partial charge < -0.3 is 10.0 Å². The second-order valence-corrected chi connectivity index (χ2v) is 5.15. The number of hydrogen-bond acceptors (Lipinski definition) is 3. The zero-order valence-electron chi connectivity index (χ0n) is 10.8. The van der Waals surface area contributed by atoms with Gasteiger partial charge >= 0.3 is 0 Å². The Morgan fingerprint density at radius 2 is 1.87 bits per heavy atom. The molecule has 0 aliphatic rings. The molecule has 0 saturated carbocycles. The fourth-order valence-electron chi connectivity index (χ4n) is 1.59. The summed E-state index contributed by atoms with van der Waals surface area (Å²) < 4.78 is 0. The Labute approximate surface area is 93.5 Å². The Morgan fingerprint density at radius 1 is 1.33 bits per heavy atom. The van der Waals surface area contributed by atoms with Crippen molar-refractivity contribution in [3.63, 3.8) is 0 Å². The van der Waals surface area contributed by atoms with Gasteiger partial charge in [0.25, 0.3) is 0 Å². The maximum Gasteiger partial charge on any atom is 0.0909 e. The van der Waals surface area contributed by atoms with Gasteiger partial charge in [0.15, 0.2) is 0 Å². The van der Waals surface area contributed by atoms with E-state index in [9.17, 15) is 0 Å². The van der Waals surface area contributed by atoms with Crippen molar-refractivity contribution < 1.29 is 5.11 Å². The van der Waals surface area contributed by atoms with Crippen LogP contribution in [0.4, 0.5) is 0 Å². The lowest BCUT2D eigenvalue weighted by atomic mass is 9.93. The van der Waals surface area contributed by atoms with E-state index in [1.165, 1.54) is 0 Å². The van der Waals surface area contributed by atoms with Crippen molar-refractivity contribution in [2.75, 3.05) is 27.2 Å². The molecule has 0 spiro atoms. The van der Waals surface area contributed by atoms with Crippen LogP contribution >= 0.6 is 0 Å². The Bertz CT molecular complexity index is 248. The quantitative estimate of drug-likeness (QED) is 0.561. The lowest BCUT2D eigenvalue weighted by Gasteiger charge is -2.26. The molecular weight excluding hydrogens is 188 g/mol. The molecular formula is C12H24N2O. The van der Waals surface area contributed by atoms with E-state index in [4.69, 9.17) is 5.11 Å². The average molecular weight is 212 g/mol. The van der Waals surface area contributed by atoms with E-state index in [-0.39, 0.29) is 5.41 Å². The topological polar surface area (TPSA) is 35.8 Å². The first-order valence-electron chi connectivity index (χ1n) is 5.26. The molecule has 0 radical (unpaired) electrons. The maximum absolute atomic E-state index is 9.07. The molecule has 15 heavy (non-hydrogen) atoms. The molecule has 0 aliphatic carbocycles. The summed E-state index contributed by atoms with van der Waals surface area (Å²) in [5.41, 5.74) is 1.05. The predicted molar refractivity (Wildman–Crippen MR) is 66.7 cm³/mol. The summed E-state index contributed by atoms with van der Waals surface area (Å²) in [5.74, 6) is 0.307. The second kappa shape index (κ2) is 5.91. The number of allylic oxidation sites excluding steroid dienone is 2. The van der Waals surface area contributed by atoms with E-state index >= 15 is 0 Å². The molecule has 0 unspecified atom stereocenters. The van der Waals surface area contributed by atoms with Crippen LogP contribution in [-0.4, -0.2) is 42.9 Å². The number of aliphatic hydroxyl groups excluding tert-OH is 1. The summed E-state index contributed by atoms with van der Waals surface area (Å²) in [6, 6.07) is 0. The first-order valence-corrected chi connectivity index (χ1v) is 5.26. The van der Waals surface area contributed by atoms with Crippen molar-refractivity contribution >= 4 is 5.71 Å². The van der Waals surface area contributed by atoms with Crippen LogP contribution in [0.2, 0.25) is 0 Å². The van der Waals surface area contributed by atoms with Crippen LogP contribution in [0.1, 0.15) is 27.7 Å². The standard InChI is InChI=1S/C12H24N2O/c1-10(7-11(2)15)13-8-12(3,4)9-14(5)6/h7,15H,8-9H2,1-6H3/b11-7-,13-10+. The van der Waals surface area contributed by atoms with Crippen molar-refractivity contribution in [3.8, 4) is 0 Å². The molecule has 1 N–H and O–H groups in total. The highest BCUT2D eigenvalue weighted by molar-refractivity contribution is 5.93. The van der Waals surface area contributed by atoms with Gasteiger partial charge in [0, 0.05) is 18.8 Å². The molecule has 0 amide bonds. The van der Waals surface area contributed by atoms with Gasteiger partial charge in [0.1, 0.15) is 0 Å². The number of aliphatic hydroxyl groups is 1. The van der Waals surface area contributed by atoms with Crippen molar-refractivity contribution in [2.45, 2.75) is 27.7 Å². The number of rotatable bonds is 5. The number of nitrogens with zero attached hydrogens (tertiary/aromatic N) is 2. The molecule has 0 saturated heterocycles. The van der Waals surface area contributed by atoms with Crippen molar-refractivity contribution in [2.24, 2.45) is 10.4 Å². The predicted octanol–water partition coefficient (Wildman–Crippen LogP) is 2.50. The highest BCUT2D eigenvalue weighted by atomic mass is 16.3. The SMILES string of the molecule is C/C(O)=C/C(C)=N/CC(C)(C)CN(C)C. The normalized spacial score (nSPS) is 14.9. The van der Waals surface area contributed by atoms with E-state index in [2.05, 4.69) is 37.8 Å². The summed E-state index contributed by atoms with van der Waals surface area (Å²) in [5, 5.41) is 9.07. The molecule has 0 bridgehead atoms. The Balaban J connectivity index is 4.29. The van der Waals surface area contributed by atoms with Crippen LogP contribution in [0.15, 0.2) is 16.8 Å². The van der Waals surface area contributed by atoms with Gasteiger partial charge in [0.2, 0.25) is 0 Å². The van der Waals surface area contributed by atoms with Crippen LogP contribution in [0.5, 0.6) is 0 Å². The fraction of sp³-hybridized carbons (Fsp3) is 0.750. The molecule has 0 atom stereocenters. The van der Waals surface area contributed by atoms with Crippen LogP contribution in [0.3, 0.4) is 0 Å². The molecule has 0 aromatic carbocycles. The van der Waals surface area contributed by atoms with Crippen LogP contribution in [0, 0.1) is 5.41 Å². The van der Waals surface area contributed by atoms with Crippen LogP contribution < -0.4 is 0 Å². The van der Waals surface area contributed by atoms with Gasteiger partial charge in [-0.2, -0.15) is 0 Å². The average Bonchev–Trinajstić information content (AvgIpc) is 1.97. The third-order valence-corrected chi connectivity index (χ3v) is 1.92. The largest absolute Gasteiger partial charge is 0.513 e. The fourth-order valence-corrected chi connectivity index (χ4v) is 1.59. The third-order valence-electron chi connectivity index (χ3n) is 1.92. The summed E-state index contributed by atoms with van der Waals surface area (Å²) >= 11 is 0. The molecule has 3 heteroatoms. The second-order valence-electron chi connectivity index (χ2n) is 5.15. The Hall–Kier alpha value is -0.830. The summed E-state index contributed by atoms with van der Waals surface area (Å²) in [4.78, 5) is 6.61. The highest BCUT2D eigenvalue weighted by Crippen LogP contribution is 2.16. The van der Waals surface area contributed by atoms with E-state index < -0.39 is 0 Å². The van der Waals surface area contributed by atoms with E-state index in [0.29, 0.717) is 5.76 Å². The first-order chi connectivity index (χ1) is 6.73. The van der Waals surface area contributed by atoms with E-state index in [1.54, 1.807) is 13.0 Å². The highest BCUT2D eigenvalue weighted by Gasteiger charge is 2.17. The van der Waals surface area contributed by atoms with Crippen LogP contribution in [-0.2, 0) is 0 Å². The van der Waals surface area contributed by atoms with E-state index in [1.807, 2.05) is 6.92 Å². The zero-order valence-corrected chi connectivity index (χ0v) is 10.8. The molecule has 0 aromatic heterocycles. The van der Waals surface area contributed by atoms with Crippen molar-refractivity contribution in [3.05, 3.63) is 11.8 Å². The molecule has 3 nitrogen and oxygen atoms in total. The molecule has 0 aromatic rings. The molecule has 88 valence electrons. The minimum Gasteiger partial charge on any atom is -0.513 e. The number of hydrogen-bond donors (Lipinski definition) is 1. The maximum atomic E-state index is 9.07. The smallest absolute Gasteiger partial charge is 0.0909 e. The molecule has 0 rings (SSSR count). The lowest BCUT2D eigenvalue weighted by Crippen LogP contribution is -2.31. The summed E-state index contributed by atoms with van der Waals surface area (Å²) in [6.45, 7) is 9.74. The molecule has 0 aliphatic heterocycles. The zero-order chi connectivity index (χ0) is 12.1. The summed E-state index contributed by atoms with van der Waals surface area (Å²) in [6.07, 6.45) is 1.69. The van der Waals surface area contributed by atoms with Gasteiger partial charge in [-0.1, -0.05) is 13.8 Å². The third kappa shape index (κ3) is 8.18. The summed E-state index contributed by atoms with van der Waals surface area (Å²) in [7, 11) is 4.13. The first kappa shape index (κ1) is 14.2. The van der Waals surface area contributed by atoms with Crippen molar-refractivity contribution in [1.82, 2.24) is 4.90 Å². The molecule has 0 fully saturated rings. The van der Waals surface area contributed by atoms with Crippen LogP contribution in [0.25, 0.3) is 0 Å². The minimum atomic E-state index is 0.169. The molecule has 0 heterocycles. The number of aliphatic imine (C=N–C) groups is 1. The monoisotopic (exact) mass is 212 g/mol. The van der Waals surface area contributed by atoms with Gasteiger partial charge in [-0.15, -0.1) is 0 Å². The van der Waals surface area contributed by atoms with Gasteiger partial charge in [0.05, 0.1) is 5.76 Å². The Kier molecular flexibility index (Phi) is 5.58. The van der Waals surface area contributed by atoms with Gasteiger partial charge in [-0.3, -0.25) is 4.99 Å². The van der Waals surface area contributed by atoms with Gasteiger partial charge in [-0.25, -0.2) is 0 Å². The van der Waals surface area contributed by atoms with Crippen molar-refractivity contribution in [1.29, 1.82) is 0 Å². The Morgan fingerprint density at radius 3 is 2.27 bits per heavy atom. The lowest BCUT2D eigenvalue weighted by molar-refractivity contribution is 0.249. The van der Waals surface area contributed by atoms with Gasteiger partial charge in [-0.05, 0) is 39.4 Å². The van der Waals surface area contributed by atoms with E-state index in [0.717, 1.165) is 18.8 Å². The minimum absolute atomic E-state index is 0.169.